The molecule has 6 N–H and O–H groups in total. The molecule has 0 bridgehead atoms. The Morgan fingerprint density at radius 1 is 1.12 bits per heavy atom. The van der Waals surface area contributed by atoms with E-state index < -0.39 is 0 Å². The van der Waals surface area contributed by atoms with E-state index in [1.807, 2.05) is 0 Å². The minimum atomic E-state index is 0.855. The molecule has 3 heteroatoms. The van der Waals surface area contributed by atoms with Crippen LogP contribution >= 0.6 is 0 Å². The molecule has 0 heterocycles. The van der Waals surface area contributed by atoms with Gasteiger partial charge in [-0.1, -0.05) is 19.8 Å². The van der Waals surface area contributed by atoms with Crippen LogP contribution in [-0.2, 0) is 0 Å². The van der Waals surface area contributed by atoms with Gasteiger partial charge in [0.05, 0.1) is 0 Å². The number of hydrogen-bond donors (Lipinski definition) is 3. The summed E-state index contributed by atoms with van der Waals surface area (Å²) in [6.07, 6.45) is 3.75. The standard InChI is InChI=1S/C5H13N.H4N2/c1-2-3-4-5-6;1-2/h2-6H2,1H3;1-2H2. The Hall–Kier alpha value is -0.120. The predicted octanol–water partition coefficient (Wildman–Crippen LogP) is -0.0459. The Balaban J connectivity index is 0. The fourth-order valence-electron chi connectivity index (χ4n) is 0.394. The Morgan fingerprint density at radius 3 is 1.75 bits per heavy atom. The topological polar surface area (TPSA) is 78.1 Å². The zero-order valence-electron chi connectivity index (χ0n) is 5.56. The van der Waals surface area contributed by atoms with Crippen molar-refractivity contribution in [1.29, 1.82) is 0 Å². The van der Waals surface area contributed by atoms with Crippen molar-refractivity contribution in [3.63, 3.8) is 0 Å². The second kappa shape index (κ2) is 15.8. The average molecular weight is 119 g/mol. The third-order valence-corrected chi connectivity index (χ3v) is 0.808. The molecule has 0 atom stereocenters. The van der Waals surface area contributed by atoms with Crippen LogP contribution in [0.15, 0.2) is 0 Å². The van der Waals surface area contributed by atoms with Crippen molar-refractivity contribution in [1.82, 2.24) is 0 Å². The highest BCUT2D eigenvalue weighted by molar-refractivity contribution is 4.34. The first-order valence-corrected chi connectivity index (χ1v) is 2.95. The van der Waals surface area contributed by atoms with Crippen LogP contribution in [0.4, 0.5) is 0 Å². The van der Waals surface area contributed by atoms with Gasteiger partial charge in [0.15, 0.2) is 0 Å². The van der Waals surface area contributed by atoms with Crippen molar-refractivity contribution in [2.45, 2.75) is 26.2 Å². The summed E-state index contributed by atoms with van der Waals surface area (Å²) in [5.41, 5.74) is 5.21. The quantitative estimate of drug-likeness (QED) is 0.277. The van der Waals surface area contributed by atoms with Crippen molar-refractivity contribution < 1.29 is 0 Å². The maximum atomic E-state index is 5.21. The highest BCUT2D eigenvalue weighted by atomic mass is 15.0. The van der Waals surface area contributed by atoms with Gasteiger partial charge in [0.25, 0.3) is 0 Å². The maximum Gasteiger partial charge on any atom is -0.00773 e. The summed E-state index contributed by atoms with van der Waals surface area (Å²) >= 11 is 0. The van der Waals surface area contributed by atoms with Crippen LogP contribution < -0.4 is 17.4 Å². The molecule has 0 aromatic heterocycles. The SMILES string of the molecule is CCCCCN.NN. The van der Waals surface area contributed by atoms with Crippen molar-refractivity contribution in [3.8, 4) is 0 Å². The molecule has 52 valence electrons. The molecular weight excluding hydrogens is 102 g/mol. The second-order valence-electron chi connectivity index (χ2n) is 1.50. The summed E-state index contributed by atoms with van der Waals surface area (Å²) in [4.78, 5) is 0. The summed E-state index contributed by atoms with van der Waals surface area (Å²) in [5.74, 6) is 8.00. The Morgan fingerprint density at radius 2 is 1.62 bits per heavy atom. The number of nitrogens with two attached hydrogens (primary N) is 3. The molecule has 0 aliphatic rings. The molecule has 0 aliphatic heterocycles. The highest BCUT2D eigenvalue weighted by Gasteiger charge is 1.75. The summed E-state index contributed by atoms with van der Waals surface area (Å²) in [5, 5.41) is 0. The summed E-state index contributed by atoms with van der Waals surface area (Å²) in [7, 11) is 0. The lowest BCUT2D eigenvalue weighted by molar-refractivity contribution is 0.727. The van der Waals surface area contributed by atoms with Gasteiger partial charge in [-0.3, -0.25) is 11.7 Å². The summed E-state index contributed by atoms with van der Waals surface area (Å²) in [6.45, 7) is 3.03. The molecular formula is C5H17N3. The second-order valence-corrected chi connectivity index (χ2v) is 1.50. The van der Waals surface area contributed by atoms with Gasteiger partial charge in [-0.05, 0) is 13.0 Å². The van der Waals surface area contributed by atoms with Gasteiger partial charge in [0.1, 0.15) is 0 Å². The van der Waals surface area contributed by atoms with Gasteiger partial charge in [-0.2, -0.15) is 0 Å². The zero-order valence-corrected chi connectivity index (χ0v) is 5.56. The first-order chi connectivity index (χ1) is 3.91. The lowest BCUT2D eigenvalue weighted by Crippen LogP contribution is -2.02. The molecule has 0 rings (SSSR count). The molecule has 0 saturated heterocycles. The third kappa shape index (κ3) is 16.9. The van der Waals surface area contributed by atoms with E-state index in [0.717, 1.165) is 6.54 Å². The van der Waals surface area contributed by atoms with Crippen molar-refractivity contribution in [2.75, 3.05) is 6.54 Å². The van der Waals surface area contributed by atoms with E-state index in [-0.39, 0.29) is 0 Å². The van der Waals surface area contributed by atoms with Crippen LogP contribution in [0.5, 0.6) is 0 Å². The van der Waals surface area contributed by atoms with Crippen LogP contribution in [-0.4, -0.2) is 6.54 Å². The molecule has 0 unspecified atom stereocenters. The Labute approximate surface area is 51.2 Å². The summed E-state index contributed by atoms with van der Waals surface area (Å²) < 4.78 is 0. The van der Waals surface area contributed by atoms with E-state index in [1.165, 1.54) is 19.3 Å². The van der Waals surface area contributed by atoms with Crippen LogP contribution in [0, 0.1) is 0 Å². The predicted molar refractivity (Wildman–Crippen MR) is 37.0 cm³/mol. The fraction of sp³-hybridized carbons (Fsp3) is 1.00. The number of unbranched alkanes of at least 4 members (excludes halogenated alkanes) is 2. The minimum absolute atomic E-state index is 0.855. The molecule has 0 saturated carbocycles. The molecule has 0 amide bonds. The molecule has 0 fully saturated rings. The largest absolute Gasteiger partial charge is 0.330 e. The molecule has 0 aliphatic carbocycles. The monoisotopic (exact) mass is 119 g/mol. The minimum Gasteiger partial charge on any atom is -0.330 e. The van der Waals surface area contributed by atoms with Crippen molar-refractivity contribution in [2.24, 2.45) is 17.4 Å². The van der Waals surface area contributed by atoms with Crippen LogP contribution in [0.3, 0.4) is 0 Å². The number of rotatable bonds is 3. The number of hydrazine groups is 1. The van der Waals surface area contributed by atoms with Gasteiger partial charge in [-0.25, -0.2) is 0 Å². The van der Waals surface area contributed by atoms with E-state index in [0.29, 0.717) is 0 Å². The van der Waals surface area contributed by atoms with E-state index in [9.17, 15) is 0 Å². The van der Waals surface area contributed by atoms with Gasteiger partial charge in [0, 0.05) is 0 Å². The highest BCUT2D eigenvalue weighted by Crippen LogP contribution is 1.88. The molecule has 8 heavy (non-hydrogen) atoms. The normalized spacial score (nSPS) is 7.50. The van der Waals surface area contributed by atoms with Crippen LogP contribution in [0.1, 0.15) is 26.2 Å². The van der Waals surface area contributed by atoms with E-state index in [1.54, 1.807) is 0 Å². The van der Waals surface area contributed by atoms with Gasteiger partial charge in [-0.15, -0.1) is 0 Å². The fourth-order valence-corrected chi connectivity index (χ4v) is 0.394. The van der Waals surface area contributed by atoms with Crippen LogP contribution in [0.2, 0.25) is 0 Å². The van der Waals surface area contributed by atoms with E-state index >= 15 is 0 Å². The van der Waals surface area contributed by atoms with Gasteiger partial charge in [0.2, 0.25) is 0 Å². The molecule has 3 nitrogen and oxygen atoms in total. The molecule has 0 radical (unpaired) electrons. The Bertz CT molecular complexity index is 19.6. The van der Waals surface area contributed by atoms with Gasteiger partial charge >= 0.3 is 0 Å². The number of hydrogen-bond acceptors (Lipinski definition) is 3. The van der Waals surface area contributed by atoms with Crippen LogP contribution in [0.25, 0.3) is 0 Å². The molecule has 0 spiro atoms. The van der Waals surface area contributed by atoms with E-state index in [2.05, 4.69) is 18.6 Å². The molecule has 0 aromatic carbocycles. The Kier molecular flexibility index (Phi) is 21.3. The summed E-state index contributed by atoms with van der Waals surface area (Å²) in [6, 6.07) is 0. The third-order valence-electron chi connectivity index (χ3n) is 0.808. The van der Waals surface area contributed by atoms with E-state index in [4.69, 9.17) is 5.73 Å². The lowest BCUT2D eigenvalue weighted by atomic mass is 10.3. The maximum absolute atomic E-state index is 5.21. The smallest absolute Gasteiger partial charge is 0.00773 e. The van der Waals surface area contributed by atoms with Crippen molar-refractivity contribution in [3.05, 3.63) is 0 Å². The van der Waals surface area contributed by atoms with Gasteiger partial charge < -0.3 is 5.73 Å². The average Bonchev–Trinajstić information content (AvgIpc) is 1.88. The first kappa shape index (κ1) is 10.8. The zero-order chi connectivity index (χ0) is 6.83. The first-order valence-electron chi connectivity index (χ1n) is 2.95. The molecule has 0 aromatic rings. The van der Waals surface area contributed by atoms with Crippen molar-refractivity contribution >= 4 is 0 Å². The lowest BCUT2D eigenvalue weighted by Gasteiger charge is -1.86.